The Labute approximate surface area is 145 Å². The zero-order chi connectivity index (χ0) is 16.1. The van der Waals surface area contributed by atoms with Gasteiger partial charge in [0.2, 0.25) is 0 Å². The number of thioether (sulfide) groups is 1. The second-order valence-corrected chi connectivity index (χ2v) is 7.76. The fourth-order valence-electron chi connectivity index (χ4n) is 2.62. The van der Waals surface area contributed by atoms with E-state index in [1.807, 2.05) is 30.0 Å². The van der Waals surface area contributed by atoms with E-state index in [1.165, 1.54) is 9.58 Å². The summed E-state index contributed by atoms with van der Waals surface area (Å²) in [6.45, 7) is 6.18. The maximum absolute atomic E-state index is 5.46. The lowest BCUT2D eigenvalue weighted by Gasteiger charge is -2.28. The fraction of sp³-hybridized carbons (Fsp3) is 0.625. The molecule has 0 saturated carbocycles. The molecule has 5 nitrogen and oxygen atoms in total. The molecular weight excluding hydrogens is 330 g/mol. The Hall–Kier alpha value is -0.890. The first-order chi connectivity index (χ1) is 11.3. The van der Waals surface area contributed by atoms with Crippen molar-refractivity contribution in [2.75, 3.05) is 50.7 Å². The van der Waals surface area contributed by atoms with Crippen LogP contribution in [-0.4, -0.2) is 55.7 Å². The highest BCUT2D eigenvalue weighted by atomic mass is 32.2. The van der Waals surface area contributed by atoms with Gasteiger partial charge in [0, 0.05) is 37.4 Å². The summed E-state index contributed by atoms with van der Waals surface area (Å²) < 4.78 is 11.8. The molecule has 7 heteroatoms. The molecule has 1 saturated heterocycles. The normalized spacial score (nSPS) is 15.5. The highest BCUT2D eigenvalue weighted by molar-refractivity contribution is 7.98. The van der Waals surface area contributed by atoms with Crippen molar-refractivity contribution in [3.05, 3.63) is 16.8 Å². The van der Waals surface area contributed by atoms with Crippen LogP contribution in [0.15, 0.2) is 6.07 Å². The van der Waals surface area contributed by atoms with Crippen LogP contribution in [0.3, 0.4) is 0 Å². The molecule has 1 aliphatic heterocycles. The van der Waals surface area contributed by atoms with Gasteiger partial charge in [-0.3, -0.25) is 0 Å². The maximum atomic E-state index is 5.46. The number of fused-ring (bicyclic) bond motifs is 1. The van der Waals surface area contributed by atoms with Gasteiger partial charge in [0.15, 0.2) is 5.82 Å². The van der Waals surface area contributed by atoms with Gasteiger partial charge in [0.1, 0.15) is 5.82 Å². The van der Waals surface area contributed by atoms with Crippen LogP contribution >= 0.6 is 23.1 Å². The minimum Gasteiger partial charge on any atom is -0.385 e. The number of hydrogen-bond donors (Lipinski definition) is 0. The first-order valence-corrected chi connectivity index (χ1v) is 9.91. The van der Waals surface area contributed by atoms with Crippen LogP contribution in [0, 0.1) is 6.92 Å². The Kier molecular flexibility index (Phi) is 6.10. The van der Waals surface area contributed by atoms with Crippen molar-refractivity contribution in [1.29, 1.82) is 0 Å². The second-order valence-electron chi connectivity index (χ2n) is 5.52. The Morgan fingerprint density at radius 2 is 2.17 bits per heavy atom. The minimum atomic E-state index is 0.776. The summed E-state index contributed by atoms with van der Waals surface area (Å²) in [4.78, 5) is 13.0. The standard InChI is InChI=1S/C16H23N3O2S2/c1-12-17-14-10-13(11-22-9-3-6-20-2)23-15(14)16(18-12)19-4-7-21-8-5-19/h10H,3-9,11H2,1-2H3. The first kappa shape index (κ1) is 17.0. The maximum Gasteiger partial charge on any atom is 0.150 e. The predicted molar refractivity (Wildman–Crippen MR) is 97.8 cm³/mol. The fourth-order valence-corrected chi connectivity index (χ4v) is 4.76. The van der Waals surface area contributed by atoms with Gasteiger partial charge in [-0.1, -0.05) is 0 Å². The van der Waals surface area contributed by atoms with Gasteiger partial charge in [0.05, 0.1) is 23.4 Å². The van der Waals surface area contributed by atoms with E-state index in [-0.39, 0.29) is 0 Å². The third kappa shape index (κ3) is 4.35. The predicted octanol–water partition coefficient (Wildman–Crippen LogP) is 3.11. The van der Waals surface area contributed by atoms with E-state index in [1.54, 1.807) is 7.11 Å². The molecule has 3 rings (SSSR count). The van der Waals surface area contributed by atoms with Gasteiger partial charge >= 0.3 is 0 Å². The van der Waals surface area contributed by atoms with E-state index in [0.717, 1.165) is 68.0 Å². The summed E-state index contributed by atoms with van der Waals surface area (Å²) in [6, 6.07) is 2.22. The SMILES string of the molecule is COCCCSCc1cc2nc(C)nc(N3CCOCC3)c2s1. The molecule has 0 amide bonds. The van der Waals surface area contributed by atoms with Gasteiger partial charge in [-0.25, -0.2) is 9.97 Å². The van der Waals surface area contributed by atoms with E-state index in [2.05, 4.69) is 16.0 Å². The summed E-state index contributed by atoms with van der Waals surface area (Å²) in [5.41, 5.74) is 1.08. The number of thiophene rings is 1. The molecule has 1 aliphatic rings. The minimum absolute atomic E-state index is 0.776. The zero-order valence-corrected chi connectivity index (χ0v) is 15.3. The number of hydrogen-bond acceptors (Lipinski definition) is 7. The third-order valence-corrected chi connectivity index (χ3v) is 6.10. The molecule has 0 spiro atoms. The van der Waals surface area contributed by atoms with Crippen molar-refractivity contribution in [1.82, 2.24) is 9.97 Å². The van der Waals surface area contributed by atoms with E-state index in [9.17, 15) is 0 Å². The molecular formula is C16H23N3O2S2. The van der Waals surface area contributed by atoms with Crippen LogP contribution in [0.5, 0.6) is 0 Å². The molecule has 0 aromatic carbocycles. The van der Waals surface area contributed by atoms with Crippen LogP contribution in [0.1, 0.15) is 17.1 Å². The van der Waals surface area contributed by atoms with Crippen molar-refractivity contribution < 1.29 is 9.47 Å². The van der Waals surface area contributed by atoms with Crippen LogP contribution in [0.4, 0.5) is 5.82 Å². The molecule has 0 atom stereocenters. The topological polar surface area (TPSA) is 47.5 Å². The van der Waals surface area contributed by atoms with Crippen LogP contribution < -0.4 is 4.90 Å². The number of aryl methyl sites for hydroxylation is 1. The van der Waals surface area contributed by atoms with E-state index in [0.29, 0.717) is 0 Å². The second kappa shape index (κ2) is 8.28. The lowest BCUT2D eigenvalue weighted by molar-refractivity contribution is 0.122. The smallest absolute Gasteiger partial charge is 0.150 e. The number of morpholine rings is 1. The monoisotopic (exact) mass is 353 g/mol. The molecule has 2 aromatic rings. The molecule has 0 unspecified atom stereocenters. The van der Waals surface area contributed by atoms with Crippen molar-refractivity contribution >= 4 is 39.1 Å². The van der Waals surface area contributed by atoms with E-state index >= 15 is 0 Å². The quantitative estimate of drug-likeness (QED) is 0.713. The zero-order valence-electron chi connectivity index (χ0n) is 13.7. The molecule has 0 bridgehead atoms. The Morgan fingerprint density at radius 3 is 2.96 bits per heavy atom. The number of rotatable bonds is 7. The van der Waals surface area contributed by atoms with E-state index in [4.69, 9.17) is 14.5 Å². The summed E-state index contributed by atoms with van der Waals surface area (Å²) in [5, 5.41) is 0. The van der Waals surface area contributed by atoms with Crippen molar-refractivity contribution in [2.45, 2.75) is 19.1 Å². The molecule has 3 heterocycles. The van der Waals surface area contributed by atoms with Crippen LogP contribution in [-0.2, 0) is 15.2 Å². The van der Waals surface area contributed by atoms with Crippen LogP contribution in [0.2, 0.25) is 0 Å². The number of nitrogens with zero attached hydrogens (tertiary/aromatic N) is 3. The van der Waals surface area contributed by atoms with Crippen LogP contribution in [0.25, 0.3) is 10.2 Å². The summed E-state index contributed by atoms with van der Waals surface area (Å²) >= 11 is 3.79. The van der Waals surface area contributed by atoms with E-state index < -0.39 is 0 Å². The van der Waals surface area contributed by atoms with Crippen molar-refractivity contribution in [3.63, 3.8) is 0 Å². The average Bonchev–Trinajstić information content (AvgIpc) is 2.97. The molecule has 0 N–H and O–H groups in total. The third-order valence-electron chi connectivity index (χ3n) is 3.71. The molecule has 0 radical (unpaired) electrons. The molecule has 1 fully saturated rings. The van der Waals surface area contributed by atoms with Gasteiger partial charge in [0.25, 0.3) is 0 Å². The molecule has 0 aliphatic carbocycles. The lowest BCUT2D eigenvalue weighted by atomic mass is 10.3. The lowest BCUT2D eigenvalue weighted by Crippen LogP contribution is -2.36. The van der Waals surface area contributed by atoms with Crippen molar-refractivity contribution in [2.24, 2.45) is 0 Å². The summed E-state index contributed by atoms with van der Waals surface area (Å²) in [5.74, 6) is 4.09. The summed E-state index contributed by atoms with van der Waals surface area (Å²) in [7, 11) is 1.75. The van der Waals surface area contributed by atoms with Crippen molar-refractivity contribution in [3.8, 4) is 0 Å². The summed E-state index contributed by atoms with van der Waals surface area (Å²) in [6.07, 6.45) is 1.10. The highest BCUT2D eigenvalue weighted by Gasteiger charge is 2.18. The Bertz CT molecular complexity index is 642. The highest BCUT2D eigenvalue weighted by Crippen LogP contribution is 2.34. The van der Waals surface area contributed by atoms with Gasteiger partial charge in [-0.05, 0) is 25.2 Å². The first-order valence-electron chi connectivity index (χ1n) is 7.94. The Balaban J connectivity index is 1.75. The van der Waals surface area contributed by atoms with Gasteiger partial charge in [-0.2, -0.15) is 11.8 Å². The Morgan fingerprint density at radius 1 is 1.35 bits per heavy atom. The molecule has 23 heavy (non-hydrogen) atoms. The number of anilines is 1. The number of methoxy groups -OCH3 is 1. The molecule has 126 valence electrons. The number of ether oxygens (including phenoxy) is 2. The average molecular weight is 354 g/mol. The largest absolute Gasteiger partial charge is 0.385 e. The van der Waals surface area contributed by atoms with Gasteiger partial charge in [-0.15, -0.1) is 11.3 Å². The van der Waals surface area contributed by atoms with Gasteiger partial charge < -0.3 is 14.4 Å². The molecule has 2 aromatic heterocycles. The number of aromatic nitrogens is 2.